The van der Waals surface area contributed by atoms with Gasteiger partial charge in [-0.25, -0.2) is 0 Å². The van der Waals surface area contributed by atoms with Crippen LogP contribution < -0.4 is 29.8 Å². The van der Waals surface area contributed by atoms with Crippen molar-refractivity contribution in [2.24, 2.45) is 0 Å². The van der Waals surface area contributed by atoms with E-state index in [1.807, 2.05) is 0 Å². The van der Waals surface area contributed by atoms with Crippen LogP contribution in [0.25, 0.3) is 0 Å². The van der Waals surface area contributed by atoms with E-state index in [1.165, 1.54) is 65.7 Å². The molecule has 4 heteroatoms. The highest BCUT2D eigenvalue weighted by molar-refractivity contribution is 7.14. The summed E-state index contributed by atoms with van der Waals surface area (Å²) in [5, 5.41) is 4.05. The van der Waals surface area contributed by atoms with Crippen LogP contribution in [0, 0.1) is 41.5 Å². The van der Waals surface area contributed by atoms with E-state index >= 15 is 0 Å². The Hall–Kier alpha value is -3.24. The summed E-state index contributed by atoms with van der Waals surface area (Å²) in [6.45, 7) is 22.8. The first-order valence-corrected chi connectivity index (χ1v) is 16.1. The number of allylic oxidation sites excluding steroid dienone is 4. The number of ether oxygens (including phenoxy) is 3. The summed E-state index contributed by atoms with van der Waals surface area (Å²) in [7, 11) is 2.40. The zero-order chi connectivity index (χ0) is 29.7. The molecule has 0 heterocycles. The molecule has 0 fully saturated rings. The van der Waals surface area contributed by atoms with E-state index in [0.717, 1.165) is 17.2 Å². The van der Waals surface area contributed by atoms with Gasteiger partial charge in [0.1, 0.15) is 17.2 Å². The highest BCUT2D eigenvalue weighted by Gasteiger charge is 2.58. The third-order valence-corrected chi connectivity index (χ3v) is 16.4. The van der Waals surface area contributed by atoms with Crippen LogP contribution >= 0.6 is 0 Å². The molecule has 0 N–H and O–H groups in total. The molecule has 1 unspecified atom stereocenters. The van der Waals surface area contributed by atoms with Gasteiger partial charge in [0.25, 0.3) is 0 Å². The van der Waals surface area contributed by atoms with Crippen LogP contribution in [0.5, 0.6) is 17.2 Å². The Morgan fingerprint density at radius 1 is 0.500 bits per heavy atom. The second kappa shape index (κ2) is 10.6. The number of hydrogen-bond acceptors (Lipinski definition) is 3. The molecular formula is C36H46O3Si. The Bertz CT molecular complexity index is 1410. The molecule has 1 atom stereocenters. The van der Waals surface area contributed by atoms with Crippen LogP contribution in [0.4, 0.5) is 0 Å². The molecule has 0 spiro atoms. The van der Waals surface area contributed by atoms with E-state index in [2.05, 4.69) is 112 Å². The second-order valence-electron chi connectivity index (χ2n) is 11.7. The van der Waals surface area contributed by atoms with Gasteiger partial charge in [0.2, 0.25) is 0 Å². The minimum absolute atomic E-state index is 0.218. The third-order valence-electron chi connectivity index (χ3n) is 10.3. The average molecular weight is 555 g/mol. The van der Waals surface area contributed by atoms with Crippen molar-refractivity contribution in [3.63, 3.8) is 0 Å². The summed E-state index contributed by atoms with van der Waals surface area (Å²) in [5.41, 5.74) is 11.7. The van der Waals surface area contributed by atoms with Crippen molar-refractivity contribution >= 4 is 23.6 Å². The molecule has 0 amide bonds. The molecule has 3 nitrogen and oxygen atoms in total. The largest absolute Gasteiger partial charge is 0.496 e. The summed E-state index contributed by atoms with van der Waals surface area (Å²) >= 11 is 0. The first-order chi connectivity index (χ1) is 18.8. The highest BCUT2D eigenvalue weighted by Crippen LogP contribution is 2.54. The smallest absolute Gasteiger partial charge is 0.162 e. The first kappa shape index (κ1) is 29.7. The summed E-state index contributed by atoms with van der Waals surface area (Å²) in [6, 6.07) is 13.6. The van der Waals surface area contributed by atoms with Crippen LogP contribution in [0.15, 0.2) is 59.2 Å². The van der Waals surface area contributed by atoms with Gasteiger partial charge in [0, 0.05) is 5.04 Å². The molecular weight excluding hydrogens is 508 g/mol. The lowest BCUT2D eigenvalue weighted by Crippen LogP contribution is -2.74. The van der Waals surface area contributed by atoms with Gasteiger partial charge in [-0.05, 0) is 135 Å². The molecule has 0 aromatic heterocycles. The number of benzene rings is 3. The maximum atomic E-state index is 5.82. The molecule has 0 aliphatic heterocycles. The summed E-state index contributed by atoms with van der Waals surface area (Å²) in [5.74, 6) is 2.79. The van der Waals surface area contributed by atoms with E-state index < -0.39 is 8.07 Å². The second-order valence-corrected chi connectivity index (χ2v) is 15.9. The molecule has 3 aromatic carbocycles. The van der Waals surface area contributed by atoms with E-state index in [-0.39, 0.29) is 5.04 Å². The molecule has 0 radical (unpaired) electrons. The van der Waals surface area contributed by atoms with Gasteiger partial charge in [-0.1, -0.05) is 42.3 Å². The Morgan fingerprint density at radius 2 is 0.825 bits per heavy atom. The van der Waals surface area contributed by atoms with Crippen molar-refractivity contribution < 1.29 is 14.2 Å². The SMILES string of the molecule is COc1ccc([Si](c2ccc(OC)c(C)c2C)(c2ccc(OC)c(C)c2C)C2(C)C=C(C)C(C)=C2C)c(C)c1C. The van der Waals surface area contributed by atoms with Crippen LogP contribution in [-0.2, 0) is 0 Å². The Balaban J connectivity index is 2.37. The fourth-order valence-electron chi connectivity index (χ4n) is 7.27. The molecule has 0 bridgehead atoms. The summed E-state index contributed by atoms with van der Waals surface area (Å²) in [6.07, 6.45) is 2.57. The quantitative estimate of drug-likeness (QED) is 0.231. The van der Waals surface area contributed by atoms with Gasteiger partial charge in [0.15, 0.2) is 8.07 Å². The lowest BCUT2D eigenvalue weighted by Gasteiger charge is -2.49. The molecule has 0 saturated carbocycles. The highest BCUT2D eigenvalue weighted by atomic mass is 28.3. The number of rotatable bonds is 7. The van der Waals surface area contributed by atoms with Crippen LogP contribution in [0.3, 0.4) is 0 Å². The fraction of sp³-hybridized carbons (Fsp3) is 0.389. The summed E-state index contributed by atoms with van der Waals surface area (Å²) < 4.78 is 17.5. The lowest BCUT2D eigenvalue weighted by atomic mass is 10.0. The zero-order valence-corrected chi connectivity index (χ0v) is 27.8. The molecule has 1 aliphatic carbocycles. The van der Waals surface area contributed by atoms with Gasteiger partial charge in [0.05, 0.1) is 21.3 Å². The normalized spacial score (nSPS) is 17.3. The zero-order valence-electron chi connectivity index (χ0n) is 26.8. The van der Waals surface area contributed by atoms with Crippen molar-refractivity contribution in [3.8, 4) is 17.2 Å². The first-order valence-electron chi connectivity index (χ1n) is 14.1. The van der Waals surface area contributed by atoms with Crippen LogP contribution in [0.1, 0.15) is 61.1 Å². The Kier molecular flexibility index (Phi) is 7.90. The summed E-state index contributed by atoms with van der Waals surface area (Å²) in [4.78, 5) is 0. The van der Waals surface area contributed by atoms with E-state index in [0.29, 0.717) is 0 Å². The fourth-order valence-corrected chi connectivity index (χ4v) is 14.3. The van der Waals surface area contributed by atoms with Gasteiger partial charge in [-0.2, -0.15) is 0 Å². The lowest BCUT2D eigenvalue weighted by molar-refractivity contribution is 0.411. The van der Waals surface area contributed by atoms with Gasteiger partial charge in [-0.3, -0.25) is 0 Å². The maximum absolute atomic E-state index is 5.82. The van der Waals surface area contributed by atoms with Crippen molar-refractivity contribution in [2.45, 2.75) is 74.3 Å². The van der Waals surface area contributed by atoms with Gasteiger partial charge >= 0.3 is 0 Å². The average Bonchev–Trinajstić information content (AvgIpc) is 3.14. The predicted octanol–water partition coefficient (Wildman–Crippen LogP) is 7.09. The predicted molar refractivity (Wildman–Crippen MR) is 173 cm³/mol. The minimum Gasteiger partial charge on any atom is -0.496 e. The third kappa shape index (κ3) is 3.98. The monoisotopic (exact) mass is 554 g/mol. The van der Waals surface area contributed by atoms with E-state index in [4.69, 9.17) is 14.2 Å². The van der Waals surface area contributed by atoms with E-state index in [9.17, 15) is 0 Å². The minimum atomic E-state index is -2.90. The molecule has 4 rings (SSSR count). The molecule has 1 aliphatic rings. The van der Waals surface area contributed by atoms with Crippen molar-refractivity contribution in [2.75, 3.05) is 21.3 Å². The number of methoxy groups -OCH3 is 3. The molecule has 40 heavy (non-hydrogen) atoms. The van der Waals surface area contributed by atoms with Crippen LogP contribution in [-0.4, -0.2) is 29.4 Å². The topological polar surface area (TPSA) is 27.7 Å². The molecule has 212 valence electrons. The van der Waals surface area contributed by atoms with Crippen LogP contribution in [0.2, 0.25) is 5.04 Å². The molecule has 0 saturated heterocycles. The van der Waals surface area contributed by atoms with E-state index in [1.54, 1.807) is 21.3 Å². The standard InChI is InChI=1S/C36H46O3Si/c1-21-20-36(10,29(9)22(21)2)40(33-17-14-30(37-11)23(3)26(33)6,34-18-15-31(38-12)24(4)27(34)7)35-19-16-32(39-13)25(5)28(35)8/h14-20H,1-13H3. The van der Waals surface area contributed by atoms with Crippen molar-refractivity contribution in [1.82, 2.24) is 0 Å². The maximum Gasteiger partial charge on any atom is 0.162 e. The van der Waals surface area contributed by atoms with Crippen molar-refractivity contribution in [1.29, 1.82) is 0 Å². The van der Waals surface area contributed by atoms with Gasteiger partial charge in [-0.15, -0.1) is 0 Å². The van der Waals surface area contributed by atoms with Gasteiger partial charge < -0.3 is 14.2 Å². The van der Waals surface area contributed by atoms with Crippen molar-refractivity contribution in [3.05, 3.63) is 92.6 Å². The number of hydrogen-bond donors (Lipinski definition) is 0. The Morgan fingerprint density at radius 3 is 1.07 bits per heavy atom. The Labute approximate surface area is 242 Å². The molecule has 3 aromatic rings.